The van der Waals surface area contributed by atoms with Crippen molar-refractivity contribution in [2.45, 2.75) is 101 Å². The van der Waals surface area contributed by atoms with Crippen molar-refractivity contribution in [2.24, 2.45) is 17.6 Å². The van der Waals surface area contributed by atoms with E-state index in [1.54, 1.807) is 0 Å². The average Bonchev–Trinajstić information content (AvgIpc) is 2.66. The van der Waals surface area contributed by atoms with Crippen molar-refractivity contribution in [2.75, 3.05) is 0 Å². The molecule has 9 heteroatoms. The van der Waals surface area contributed by atoms with Gasteiger partial charge in [0.1, 0.15) is 12.3 Å². The van der Waals surface area contributed by atoms with Crippen LogP contribution in [0, 0.1) is 11.8 Å². The molecule has 6 nitrogen and oxygen atoms in total. The first-order valence-electron chi connectivity index (χ1n) is 10.2. The number of nitrogens with two attached hydrogens (primary N) is 1. The van der Waals surface area contributed by atoms with Crippen molar-refractivity contribution < 1.29 is 32.5 Å². The molecule has 8 unspecified atom stereocenters. The van der Waals surface area contributed by atoms with Gasteiger partial charge in [0.15, 0.2) is 18.6 Å². The molecule has 162 valence electrons. The lowest BCUT2D eigenvalue weighted by Crippen LogP contribution is -2.63. The third kappa shape index (κ3) is 4.98. The highest BCUT2D eigenvalue weighted by Crippen LogP contribution is 2.33. The maximum Gasteiger partial charge on any atom is 0.306 e. The summed E-state index contributed by atoms with van der Waals surface area (Å²) in [6, 6.07) is 0.0427. The summed E-state index contributed by atoms with van der Waals surface area (Å²) in [5.41, 5.74) is 5.97. The molecule has 0 spiro atoms. The normalized spacial score (nSPS) is 47.6. The fraction of sp³-hybridized carbons (Fsp3) is 0.947. The minimum absolute atomic E-state index is 0.0427. The van der Waals surface area contributed by atoms with Gasteiger partial charge in [-0.15, -0.1) is 0 Å². The van der Waals surface area contributed by atoms with Crippen LogP contribution in [0.1, 0.15) is 51.9 Å². The van der Waals surface area contributed by atoms with Crippen LogP contribution in [0.2, 0.25) is 0 Å². The van der Waals surface area contributed by atoms with Crippen LogP contribution in [-0.4, -0.2) is 60.3 Å². The zero-order valence-electron chi connectivity index (χ0n) is 16.1. The van der Waals surface area contributed by atoms with E-state index in [9.17, 15) is 18.0 Å². The molecule has 8 atom stereocenters. The van der Waals surface area contributed by atoms with Crippen molar-refractivity contribution in [1.29, 1.82) is 0 Å². The molecule has 4 N–H and O–H groups in total. The number of carboxylic acid groups (broad SMARTS) is 1. The number of aliphatic carboxylic acids is 1. The number of hydrogen-bond acceptors (Lipinski definition) is 5. The Morgan fingerprint density at radius 1 is 1.00 bits per heavy atom. The van der Waals surface area contributed by atoms with Gasteiger partial charge in [-0.25, -0.2) is 13.2 Å². The number of carboxylic acids is 1. The van der Waals surface area contributed by atoms with Gasteiger partial charge in [0.25, 0.3) is 0 Å². The Morgan fingerprint density at radius 2 is 1.64 bits per heavy atom. The number of halogens is 3. The predicted molar refractivity (Wildman–Crippen MR) is 95.7 cm³/mol. The number of ether oxygens (including phenoxy) is 2. The maximum atomic E-state index is 15.0. The molecule has 1 saturated heterocycles. The molecule has 0 radical (unpaired) electrons. The Balaban J connectivity index is 1.57. The fourth-order valence-electron chi connectivity index (χ4n) is 4.49. The Morgan fingerprint density at radius 3 is 2.25 bits per heavy atom. The van der Waals surface area contributed by atoms with Gasteiger partial charge in [-0.3, -0.25) is 10.1 Å². The summed E-state index contributed by atoms with van der Waals surface area (Å²) in [5, 5.41) is 11.3. The van der Waals surface area contributed by atoms with Crippen LogP contribution in [0.5, 0.6) is 0 Å². The molecular weight excluding hydrogens is 377 g/mol. The average molecular weight is 408 g/mol. The minimum atomic E-state index is -2.12. The van der Waals surface area contributed by atoms with Gasteiger partial charge < -0.3 is 20.3 Å². The summed E-state index contributed by atoms with van der Waals surface area (Å²) in [4.78, 5) is 11.0. The van der Waals surface area contributed by atoms with Gasteiger partial charge in [0, 0.05) is 6.04 Å². The van der Waals surface area contributed by atoms with E-state index >= 15 is 0 Å². The highest BCUT2D eigenvalue weighted by Gasteiger charge is 2.49. The maximum absolute atomic E-state index is 15.0. The van der Waals surface area contributed by atoms with Gasteiger partial charge in [-0.05, 0) is 50.9 Å². The summed E-state index contributed by atoms with van der Waals surface area (Å²) in [6.07, 6.45) is -6.03. The van der Waals surface area contributed by atoms with E-state index in [2.05, 4.69) is 5.32 Å². The second kappa shape index (κ2) is 9.28. The lowest BCUT2D eigenvalue weighted by atomic mass is 9.84. The van der Waals surface area contributed by atoms with E-state index in [0.717, 1.165) is 0 Å². The summed E-state index contributed by atoms with van der Waals surface area (Å²) in [6.45, 7) is 1.97. The zero-order chi connectivity index (χ0) is 20.4. The molecule has 1 aliphatic heterocycles. The fourth-order valence-corrected chi connectivity index (χ4v) is 4.49. The van der Waals surface area contributed by atoms with Crippen LogP contribution in [0.25, 0.3) is 0 Å². The van der Waals surface area contributed by atoms with Crippen molar-refractivity contribution in [1.82, 2.24) is 5.32 Å². The van der Waals surface area contributed by atoms with E-state index in [0.29, 0.717) is 44.9 Å². The van der Waals surface area contributed by atoms with Crippen LogP contribution in [0.4, 0.5) is 13.2 Å². The van der Waals surface area contributed by atoms with Gasteiger partial charge in [0.2, 0.25) is 0 Å². The number of rotatable bonds is 5. The molecule has 0 aromatic heterocycles. The van der Waals surface area contributed by atoms with Crippen LogP contribution in [0.3, 0.4) is 0 Å². The lowest BCUT2D eigenvalue weighted by molar-refractivity contribution is -0.202. The molecule has 1 heterocycles. The number of hydrogen-bond donors (Lipinski definition) is 3. The molecule has 0 aromatic carbocycles. The van der Waals surface area contributed by atoms with Gasteiger partial charge in [0.05, 0.1) is 18.1 Å². The topological polar surface area (TPSA) is 93.8 Å². The smallest absolute Gasteiger partial charge is 0.306 e. The first-order valence-corrected chi connectivity index (χ1v) is 10.2. The van der Waals surface area contributed by atoms with E-state index in [1.807, 2.05) is 6.92 Å². The van der Waals surface area contributed by atoms with Crippen molar-refractivity contribution in [3.05, 3.63) is 0 Å². The third-order valence-electron chi connectivity index (χ3n) is 6.42. The standard InChI is InChI=1S/C19H31F3N2O4/c1-9-8-12(6-7-13(9)23)27-16-14(20)17(22)24-18(15(16)21)28-11-4-2-10(3-5-11)19(25)26/h9-18,24H,2-8,23H2,1H3,(H,25,26). The Kier molecular flexibility index (Phi) is 7.22. The highest BCUT2D eigenvalue weighted by molar-refractivity contribution is 5.70. The molecule has 3 fully saturated rings. The molecular formula is C19H31F3N2O4. The van der Waals surface area contributed by atoms with Crippen molar-refractivity contribution in [3.8, 4) is 0 Å². The third-order valence-corrected chi connectivity index (χ3v) is 6.42. The second-order valence-corrected chi connectivity index (χ2v) is 8.50. The van der Waals surface area contributed by atoms with Crippen LogP contribution >= 0.6 is 0 Å². The summed E-state index contributed by atoms with van der Waals surface area (Å²) < 4.78 is 54.8. The number of alkyl halides is 3. The lowest BCUT2D eigenvalue weighted by Gasteiger charge is -2.42. The highest BCUT2D eigenvalue weighted by atomic mass is 19.2. The second-order valence-electron chi connectivity index (χ2n) is 8.50. The van der Waals surface area contributed by atoms with Crippen LogP contribution in [-0.2, 0) is 14.3 Å². The number of piperidine rings is 1. The van der Waals surface area contributed by atoms with E-state index in [-0.39, 0.29) is 24.2 Å². The van der Waals surface area contributed by atoms with Crippen LogP contribution < -0.4 is 11.1 Å². The Bertz CT molecular complexity index is 535. The van der Waals surface area contributed by atoms with Crippen molar-refractivity contribution in [3.63, 3.8) is 0 Å². The van der Waals surface area contributed by atoms with Crippen molar-refractivity contribution >= 4 is 5.97 Å². The summed E-state index contributed by atoms with van der Waals surface area (Å²) in [5.74, 6) is -1.11. The minimum Gasteiger partial charge on any atom is -0.481 e. The molecule has 3 aliphatic rings. The number of carbonyl (C=O) groups is 1. The largest absolute Gasteiger partial charge is 0.481 e. The summed E-state index contributed by atoms with van der Waals surface area (Å²) >= 11 is 0. The Labute approximate surface area is 163 Å². The molecule has 2 saturated carbocycles. The monoisotopic (exact) mass is 408 g/mol. The molecule has 0 aromatic rings. The predicted octanol–water partition coefficient (Wildman–Crippen LogP) is 2.45. The zero-order valence-corrected chi connectivity index (χ0v) is 16.1. The van der Waals surface area contributed by atoms with E-state index in [4.69, 9.17) is 20.3 Å². The Hall–Kier alpha value is -0.900. The molecule has 3 rings (SSSR count). The van der Waals surface area contributed by atoms with Gasteiger partial charge >= 0.3 is 5.97 Å². The SMILES string of the molecule is CC1CC(OC2C(F)C(F)NC(OC3CCC(C(=O)O)CC3)C2F)CCC1N. The van der Waals surface area contributed by atoms with Gasteiger partial charge in [-0.2, -0.15) is 0 Å². The molecule has 2 aliphatic carbocycles. The first-order chi connectivity index (χ1) is 13.3. The van der Waals surface area contributed by atoms with Crippen LogP contribution in [0.15, 0.2) is 0 Å². The van der Waals surface area contributed by atoms with E-state index in [1.165, 1.54) is 0 Å². The summed E-state index contributed by atoms with van der Waals surface area (Å²) in [7, 11) is 0. The molecule has 28 heavy (non-hydrogen) atoms. The van der Waals surface area contributed by atoms with E-state index < -0.39 is 42.9 Å². The number of nitrogens with one attached hydrogen (secondary N) is 1. The molecule has 0 amide bonds. The van der Waals surface area contributed by atoms with Gasteiger partial charge in [-0.1, -0.05) is 6.92 Å². The molecule has 0 bridgehead atoms. The quantitative estimate of drug-likeness (QED) is 0.605. The first kappa shape index (κ1) is 21.8.